The Bertz CT molecular complexity index is 779. The molecule has 0 radical (unpaired) electrons. The van der Waals surface area contributed by atoms with Gasteiger partial charge >= 0.3 is 0 Å². The average Bonchev–Trinajstić information content (AvgIpc) is 2.58. The Balaban J connectivity index is 1.64. The lowest BCUT2D eigenvalue weighted by atomic mass is 9.89. The number of rotatable bonds is 3. The summed E-state index contributed by atoms with van der Waals surface area (Å²) in [6.45, 7) is 0.722. The molecule has 110 valence electrons. The molecule has 1 aliphatic rings. The first-order chi connectivity index (χ1) is 10.8. The SMILES string of the molecule is OC1CN(c2ccccc2)C1Cc1cccc2ccccc12. The van der Waals surface area contributed by atoms with Gasteiger partial charge in [0.05, 0.1) is 12.1 Å². The lowest BCUT2D eigenvalue weighted by Crippen LogP contribution is -2.61. The minimum absolute atomic E-state index is 0.160. The maximum absolute atomic E-state index is 10.2. The molecule has 0 aromatic heterocycles. The fourth-order valence-electron chi connectivity index (χ4n) is 3.39. The van der Waals surface area contributed by atoms with Gasteiger partial charge in [-0.3, -0.25) is 0 Å². The molecule has 0 amide bonds. The molecule has 0 aliphatic carbocycles. The number of aliphatic hydroxyl groups excluding tert-OH is 1. The van der Waals surface area contributed by atoms with Gasteiger partial charge in [0.25, 0.3) is 0 Å². The van der Waals surface area contributed by atoms with Crippen LogP contribution in [0, 0.1) is 0 Å². The summed E-state index contributed by atoms with van der Waals surface area (Å²) in [5.41, 5.74) is 2.50. The van der Waals surface area contributed by atoms with Crippen LogP contribution in [-0.2, 0) is 6.42 Å². The van der Waals surface area contributed by atoms with Gasteiger partial charge in [-0.15, -0.1) is 0 Å². The van der Waals surface area contributed by atoms with Crippen LogP contribution in [0.3, 0.4) is 0 Å². The van der Waals surface area contributed by atoms with Crippen molar-refractivity contribution >= 4 is 16.5 Å². The Kier molecular flexibility index (Phi) is 3.32. The van der Waals surface area contributed by atoms with E-state index in [0.717, 1.165) is 13.0 Å². The largest absolute Gasteiger partial charge is 0.389 e. The van der Waals surface area contributed by atoms with Gasteiger partial charge in [-0.25, -0.2) is 0 Å². The van der Waals surface area contributed by atoms with E-state index < -0.39 is 0 Å². The quantitative estimate of drug-likeness (QED) is 0.796. The Morgan fingerprint density at radius 3 is 2.41 bits per heavy atom. The Labute approximate surface area is 130 Å². The number of para-hydroxylation sites is 1. The molecule has 1 saturated heterocycles. The normalized spacial score (nSPS) is 20.9. The third-order valence-corrected chi connectivity index (χ3v) is 4.63. The van der Waals surface area contributed by atoms with E-state index in [1.54, 1.807) is 0 Å². The van der Waals surface area contributed by atoms with E-state index in [1.807, 2.05) is 6.07 Å². The fourth-order valence-corrected chi connectivity index (χ4v) is 3.39. The lowest BCUT2D eigenvalue weighted by Gasteiger charge is -2.47. The van der Waals surface area contributed by atoms with E-state index in [9.17, 15) is 5.11 Å². The topological polar surface area (TPSA) is 23.5 Å². The van der Waals surface area contributed by atoms with Crippen LogP contribution < -0.4 is 4.90 Å². The maximum Gasteiger partial charge on any atom is 0.0921 e. The van der Waals surface area contributed by atoms with E-state index in [4.69, 9.17) is 0 Å². The summed E-state index contributed by atoms with van der Waals surface area (Å²) in [6, 6.07) is 25.4. The first kappa shape index (κ1) is 13.4. The van der Waals surface area contributed by atoms with Crippen molar-refractivity contribution in [2.45, 2.75) is 18.6 Å². The smallest absolute Gasteiger partial charge is 0.0921 e. The third kappa shape index (κ3) is 2.26. The van der Waals surface area contributed by atoms with Gasteiger partial charge in [-0.1, -0.05) is 60.7 Å². The number of hydrogen-bond donors (Lipinski definition) is 1. The summed E-state index contributed by atoms with van der Waals surface area (Å²) in [7, 11) is 0. The molecule has 3 aromatic carbocycles. The lowest BCUT2D eigenvalue weighted by molar-refractivity contribution is 0.0913. The van der Waals surface area contributed by atoms with E-state index >= 15 is 0 Å². The number of anilines is 1. The molecule has 0 saturated carbocycles. The Morgan fingerprint density at radius 2 is 1.59 bits per heavy atom. The molecule has 1 fully saturated rings. The van der Waals surface area contributed by atoms with Gasteiger partial charge < -0.3 is 10.0 Å². The average molecular weight is 289 g/mol. The fraction of sp³-hybridized carbons (Fsp3) is 0.200. The number of hydrogen-bond acceptors (Lipinski definition) is 2. The molecule has 3 aromatic rings. The Morgan fingerprint density at radius 1 is 0.864 bits per heavy atom. The summed E-state index contributed by atoms with van der Waals surface area (Å²) < 4.78 is 0. The highest BCUT2D eigenvalue weighted by Crippen LogP contribution is 2.30. The minimum Gasteiger partial charge on any atom is -0.389 e. The predicted octanol–water partition coefficient (Wildman–Crippen LogP) is 3.63. The molecule has 1 aliphatic heterocycles. The number of nitrogens with zero attached hydrogens (tertiary/aromatic N) is 1. The summed E-state index contributed by atoms with van der Waals surface area (Å²) >= 11 is 0. The van der Waals surface area contributed by atoms with Crippen LogP contribution in [0.15, 0.2) is 72.8 Å². The standard InChI is InChI=1S/C20H19NO/c22-20-14-21(17-10-2-1-3-11-17)19(20)13-16-9-6-8-15-7-4-5-12-18(15)16/h1-12,19-20,22H,13-14H2. The molecule has 2 heteroatoms. The third-order valence-electron chi connectivity index (χ3n) is 4.63. The van der Waals surface area contributed by atoms with Crippen molar-refractivity contribution < 1.29 is 5.11 Å². The molecule has 1 N–H and O–H groups in total. The van der Waals surface area contributed by atoms with Crippen molar-refractivity contribution in [2.75, 3.05) is 11.4 Å². The van der Waals surface area contributed by atoms with Gasteiger partial charge in [0, 0.05) is 12.2 Å². The molecule has 1 heterocycles. The van der Waals surface area contributed by atoms with E-state index in [-0.39, 0.29) is 12.1 Å². The van der Waals surface area contributed by atoms with Crippen molar-refractivity contribution in [3.8, 4) is 0 Å². The highest BCUT2D eigenvalue weighted by atomic mass is 16.3. The number of aliphatic hydroxyl groups is 1. The van der Waals surface area contributed by atoms with Crippen LogP contribution in [-0.4, -0.2) is 23.8 Å². The van der Waals surface area contributed by atoms with Gasteiger partial charge in [0.2, 0.25) is 0 Å². The van der Waals surface area contributed by atoms with Gasteiger partial charge in [0.1, 0.15) is 0 Å². The van der Waals surface area contributed by atoms with Gasteiger partial charge in [-0.2, -0.15) is 0 Å². The van der Waals surface area contributed by atoms with Crippen molar-refractivity contribution in [3.63, 3.8) is 0 Å². The minimum atomic E-state index is -0.251. The molecule has 2 atom stereocenters. The summed E-state index contributed by atoms with van der Waals surface area (Å²) in [6.07, 6.45) is 0.622. The molecule has 2 nitrogen and oxygen atoms in total. The van der Waals surface area contributed by atoms with Crippen molar-refractivity contribution in [1.82, 2.24) is 0 Å². The summed E-state index contributed by atoms with van der Waals surface area (Å²) in [5, 5.41) is 12.8. The Hall–Kier alpha value is -2.32. The molecule has 4 rings (SSSR count). The number of fused-ring (bicyclic) bond motifs is 1. The molecule has 22 heavy (non-hydrogen) atoms. The van der Waals surface area contributed by atoms with Crippen molar-refractivity contribution in [1.29, 1.82) is 0 Å². The van der Waals surface area contributed by atoms with Crippen LogP contribution >= 0.6 is 0 Å². The van der Waals surface area contributed by atoms with Crippen molar-refractivity contribution in [3.05, 3.63) is 78.4 Å². The first-order valence-electron chi connectivity index (χ1n) is 7.79. The van der Waals surface area contributed by atoms with E-state index in [2.05, 4.69) is 71.6 Å². The highest BCUT2D eigenvalue weighted by molar-refractivity contribution is 5.85. The highest BCUT2D eigenvalue weighted by Gasteiger charge is 2.37. The second kappa shape index (κ2) is 5.47. The second-order valence-electron chi connectivity index (χ2n) is 5.97. The van der Waals surface area contributed by atoms with Crippen LogP contribution in [0.25, 0.3) is 10.8 Å². The van der Waals surface area contributed by atoms with Crippen molar-refractivity contribution in [2.24, 2.45) is 0 Å². The van der Waals surface area contributed by atoms with Crippen LogP contribution in [0.2, 0.25) is 0 Å². The molecule has 0 spiro atoms. The second-order valence-corrected chi connectivity index (χ2v) is 5.97. The molecular weight excluding hydrogens is 270 g/mol. The van der Waals surface area contributed by atoms with Crippen LogP contribution in [0.5, 0.6) is 0 Å². The maximum atomic E-state index is 10.2. The first-order valence-corrected chi connectivity index (χ1v) is 7.79. The monoisotopic (exact) mass is 289 g/mol. The molecule has 0 bridgehead atoms. The van der Waals surface area contributed by atoms with Gasteiger partial charge in [0.15, 0.2) is 0 Å². The molecule has 2 unspecified atom stereocenters. The number of benzene rings is 3. The van der Waals surface area contributed by atoms with Crippen LogP contribution in [0.1, 0.15) is 5.56 Å². The van der Waals surface area contributed by atoms with E-state index in [0.29, 0.717) is 0 Å². The summed E-state index contributed by atoms with van der Waals surface area (Å²) in [5.74, 6) is 0. The zero-order chi connectivity index (χ0) is 14.9. The molecular formula is C20H19NO. The van der Waals surface area contributed by atoms with Gasteiger partial charge in [-0.05, 0) is 34.9 Å². The zero-order valence-electron chi connectivity index (χ0n) is 12.4. The predicted molar refractivity (Wildman–Crippen MR) is 91.2 cm³/mol. The van der Waals surface area contributed by atoms with E-state index in [1.165, 1.54) is 22.0 Å². The number of β-amino-alcohol motifs (C(OH)–C–C–N with tert-alkyl or cyclic N) is 1. The summed E-state index contributed by atoms with van der Waals surface area (Å²) in [4.78, 5) is 2.30. The van der Waals surface area contributed by atoms with Crippen LogP contribution in [0.4, 0.5) is 5.69 Å². The zero-order valence-corrected chi connectivity index (χ0v) is 12.4.